The summed E-state index contributed by atoms with van der Waals surface area (Å²) in [4.78, 5) is 15.5. The third kappa shape index (κ3) is 1.95. The van der Waals surface area contributed by atoms with Crippen LogP contribution in [0.2, 0.25) is 0 Å². The Hall–Kier alpha value is -0.730. The molecule has 1 heterocycles. The zero-order valence-electron chi connectivity index (χ0n) is 9.08. The van der Waals surface area contributed by atoms with Gasteiger partial charge in [0.1, 0.15) is 0 Å². The van der Waals surface area contributed by atoms with E-state index in [2.05, 4.69) is 13.8 Å². The Labute approximate surface area is 80.7 Å². The van der Waals surface area contributed by atoms with E-state index >= 15 is 0 Å². The van der Waals surface area contributed by atoms with E-state index in [9.17, 15) is 4.79 Å². The Bertz CT molecular complexity index is 193. The van der Waals surface area contributed by atoms with Crippen LogP contribution < -0.4 is 0 Å². The summed E-state index contributed by atoms with van der Waals surface area (Å²) >= 11 is 0. The van der Waals surface area contributed by atoms with Crippen molar-refractivity contribution in [1.29, 1.82) is 0 Å². The van der Waals surface area contributed by atoms with Crippen LogP contribution in [0.25, 0.3) is 0 Å². The topological polar surface area (TPSA) is 23.6 Å². The second kappa shape index (κ2) is 3.99. The minimum atomic E-state index is 0.180. The van der Waals surface area contributed by atoms with Gasteiger partial charge in [0.15, 0.2) is 0 Å². The minimum absolute atomic E-state index is 0.180. The van der Waals surface area contributed by atoms with Crippen molar-refractivity contribution in [3.63, 3.8) is 0 Å². The zero-order chi connectivity index (χ0) is 10.0. The fourth-order valence-electron chi connectivity index (χ4n) is 1.72. The Morgan fingerprint density at radius 3 is 2.54 bits per heavy atom. The zero-order valence-corrected chi connectivity index (χ0v) is 9.08. The lowest BCUT2D eigenvalue weighted by Crippen LogP contribution is -2.43. The summed E-state index contributed by atoms with van der Waals surface area (Å²) in [6.07, 6.45) is 1.14. The SMILES string of the molecule is CCN(C)C(=O)N1CCC(C)C1C. The molecule has 2 unspecified atom stereocenters. The Morgan fingerprint density at radius 1 is 1.54 bits per heavy atom. The maximum Gasteiger partial charge on any atom is 0.319 e. The molecule has 0 saturated carbocycles. The van der Waals surface area contributed by atoms with Gasteiger partial charge >= 0.3 is 6.03 Å². The minimum Gasteiger partial charge on any atom is -0.328 e. The standard InChI is InChI=1S/C10H20N2O/c1-5-11(4)10(13)12-7-6-8(2)9(12)3/h8-9H,5-7H2,1-4H3. The van der Waals surface area contributed by atoms with Crippen molar-refractivity contribution in [3.05, 3.63) is 0 Å². The van der Waals surface area contributed by atoms with Crippen LogP contribution in [0.3, 0.4) is 0 Å². The molecular weight excluding hydrogens is 164 g/mol. The van der Waals surface area contributed by atoms with Crippen molar-refractivity contribution in [1.82, 2.24) is 9.80 Å². The summed E-state index contributed by atoms with van der Waals surface area (Å²) < 4.78 is 0. The van der Waals surface area contributed by atoms with Crippen LogP contribution in [0.15, 0.2) is 0 Å². The van der Waals surface area contributed by atoms with Crippen LogP contribution in [0.5, 0.6) is 0 Å². The number of rotatable bonds is 1. The molecule has 1 saturated heterocycles. The molecule has 0 aromatic heterocycles. The molecule has 3 nitrogen and oxygen atoms in total. The highest BCUT2D eigenvalue weighted by atomic mass is 16.2. The van der Waals surface area contributed by atoms with E-state index < -0.39 is 0 Å². The highest BCUT2D eigenvalue weighted by molar-refractivity contribution is 5.74. The van der Waals surface area contributed by atoms with E-state index in [1.54, 1.807) is 4.90 Å². The first-order valence-electron chi connectivity index (χ1n) is 5.09. The maximum absolute atomic E-state index is 11.8. The number of likely N-dealkylation sites (tertiary alicyclic amines) is 1. The molecule has 13 heavy (non-hydrogen) atoms. The van der Waals surface area contributed by atoms with Gasteiger partial charge in [-0.1, -0.05) is 6.92 Å². The highest BCUT2D eigenvalue weighted by Crippen LogP contribution is 2.23. The third-order valence-corrected chi connectivity index (χ3v) is 3.19. The largest absolute Gasteiger partial charge is 0.328 e. The van der Waals surface area contributed by atoms with Crippen molar-refractivity contribution >= 4 is 6.03 Å². The van der Waals surface area contributed by atoms with Gasteiger partial charge in [-0.25, -0.2) is 4.79 Å². The smallest absolute Gasteiger partial charge is 0.319 e. The molecule has 0 aliphatic carbocycles. The van der Waals surface area contributed by atoms with Gasteiger partial charge in [-0.2, -0.15) is 0 Å². The lowest BCUT2D eigenvalue weighted by molar-refractivity contribution is 0.159. The van der Waals surface area contributed by atoms with Crippen molar-refractivity contribution in [2.45, 2.75) is 33.2 Å². The van der Waals surface area contributed by atoms with Crippen LogP contribution in [0.4, 0.5) is 4.79 Å². The van der Waals surface area contributed by atoms with Gasteiger partial charge in [0.25, 0.3) is 0 Å². The van der Waals surface area contributed by atoms with E-state index in [-0.39, 0.29) is 6.03 Å². The van der Waals surface area contributed by atoms with E-state index in [4.69, 9.17) is 0 Å². The summed E-state index contributed by atoms with van der Waals surface area (Å²) in [6, 6.07) is 0.584. The summed E-state index contributed by atoms with van der Waals surface area (Å²) in [7, 11) is 1.86. The predicted molar refractivity (Wildman–Crippen MR) is 53.6 cm³/mol. The first-order valence-corrected chi connectivity index (χ1v) is 5.09. The number of hydrogen-bond donors (Lipinski definition) is 0. The predicted octanol–water partition coefficient (Wildman–Crippen LogP) is 1.79. The molecule has 76 valence electrons. The number of carbonyl (C=O) groups excluding carboxylic acids is 1. The molecule has 0 bridgehead atoms. The maximum atomic E-state index is 11.8. The Balaban J connectivity index is 2.58. The molecule has 1 aliphatic rings. The van der Waals surface area contributed by atoms with Crippen LogP contribution in [-0.4, -0.2) is 42.0 Å². The van der Waals surface area contributed by atoms with Gasteiger partial charge in [-0.05, 0) is 26.2 Å². The molecule has 2 atom stereocenters. The van der Waals surface area contributed by atoms with Crippen molar-refractivity contribution in [3.8, 4) is 0 Å². The summed E-state index contributed by atoms with van der Waals surface area (Å²) in [5, 5.41) is 0. The van der Waals surface area contributed by atoms with E-state index in [1.165, 1.54) is 0 Å². The van der Waals surface area contributed by atoms with Gasteiger partial charge in [-0.3, -0.25) is 0 Å². The Kier molecular flexibility index (Phi) is 3.17. The van der Waals surface area contributed by atoms with Crippen LogP contribution in [-0.2, 0) is 0 Å². The quantitative estimate of drug-likeness (QED) is 0.609. The van der Waals surface area contributed by atoms with E-state index in [0.29, 0.717) is 12.0 Å². The second-order valence-electron chi connectivity index (χ2n) is 4.00. The fourth-order valence-corrected chi connectivity index (χ4v) is 1.72. The molecule has 0 radical (unpaired) electrons. The Morgan fingerprint density at radius 2 is 2.15 bits per heavy atom. The average molecular weight is 184 g/mol. The second-order valence-corrected chi connectivity index (χ2v) is 4.00. The lowest BCUT2D eigenvalue weighted by Gasteiger charge is -2.28. The van der Waals surface area contributed by atoms with E-state index in [1.807, 2.05) is 18.9 Å². The van der Waals surface area contributed by atoms with Crippen molar-refractivity contribution < 1.29 is 4.79 Å². The van der Waals surface area contributed by atoms with Crippen LogP contribution >= 0.6 is 0 Å². The monoisotopic (exact) mass is 184 g/mol. The average Bonchev–Trinajstić information content (AvgIpc) is 2.45. The highest BCUT2D eigenvalue weighted by Gasteiger charge is 2.31. The summed E-state index contributed by atoms with van der Waals surface area (Å²) in [6.45, 7) is 8.06. The van der Waals surface area contributed by atoms with Gasteiger partial charge in [0, 0.05) is 26.2 Å². The van der Waals surface area contributed by atoms with Crippen molar-refractivity contribution in [2.24, 2.45) is 5.92 Å². The molecule has 0 N–H and O–H groups in total. The fraction of sp³-hybridized carbons (Fsp3) is 0.900. The lowest BCUT2D eigenvalue weighted by atomic mass is 10.1. The number of hydrogen-bond acceptors (Lipinski definition) is 1. The summed E-state index contributed by atoms with van der Waals surface area (Å²) in [5.41, 5.74) is 0. The molecule has 1 rings (SSSR count). The number of amides is 2. The molecule has 0 aromatic carbocycles. The van der Waals surface area contributed by atoms with E-state index in [0.717, 1.165) is 19.5 Å². The van der Waals surface area contributed by atoms with Gasteiger partial charge in [0.2, 0.25) is 0 Å². The number of nitrogens with zero attached hydrogens (tertiary/aromatic N) is 2. The van der Waals surface area contributed by atoms with Gasteiger partial charge in [0.05, 0.1) is 0 Å². The number of carbonyl (C=O) groups is 1. The van der Waals surface area contributed by atoms with Gasteiger partial charge < -0.3 is 9.80 Å². The van der Waals surface area contributed by atoms with Crippen LogP contribution in [0, 0.1) is 5.92 Å². The molecule has 0 aromatic rings. The van der Waals surface area contributed by atoms with Gasteiger partial charge in [-0.15, -0.1) is 0 Å². The van der Waals surface area contributed by atoms with Crippen LogP contribution in [0.1, 0.15) is 27.2 Å². The molecule has 2 amide bonds. The number of urea groups is 1. The summed E-state index contributed by atoms with van der Waals surface area (Å²) in [5.74, 6) is 0.647. The first-order chi connectivity index (χ1) is 6.07. The molecule has 3 heteroatoms. The molecular formula is C10H20N2O. The molecule has 1 fully saturated rings. The normalized spacial score (nSPS) is 27.8. The third-order valence-electron chi connectivity index (χ3n) is 3.19. The first kappa shape index (κ1) is 10.4. The molecule has 0 spiro atoms. The molecule has 1 aliphatic heterocycles. The van der Waals surface area contributed by atoms with Crippen molar-refractivity contribution in [2.75, 3.05) is 20.1 Å².